The second-order valence-corrected chi connectivity index (χ2v) is 13.3. The van der Waals surface area contributed by atoms with E-state index in [1.807, 2.05) is 0 Å². The maximum Gasteiger partial charge on any atom is 0.0541 e. The van der Waals surface area contributed by atoms with Crippen LogP contribution in [0, 0.1) is 0 Å². The molecule has 7 aromatic carbocycles. The lowest BCUT2D eigenvalue weighted by atomic mass is 9.99. The van der Waals surface area contributed by atoms with Crippen LogP contribution in [0.2, 0.25) is 0 Å². The average Bonchev–Trinajstić information content (AvgIpc) is 3.71. The molecule has 1 aliphatic rings. The molecular formula is C48H34N2. The summed E-state index contributed by atoms with van der Waals surface area (Å²) in [4.78, 5) is 0. The molecule has 0 aliphatic heterocycles. The summed E-state index contributed by atoms with van der Waals surface area (Å²) < 4.78 is 4.81. The maximum atomic E-state index is 2.41. The molecule has 2 nitrogen and oxygen atoms in total. The zero-order valence-electron chi connectivity index (χ0n) is 27.6. The van der Waals surface area contributed by atoms with Crippen molar-refractivity contribution in [3.8, 4) is 33.6 Å². The third kappa shape index (κ3) is 4.64. The molecule has 0 fully saturated rings. The van der Waals surface area contributed by atoms with Gasteiger partial charge in [0.25, 0.3) is 0 Å². The van der Waals surface area contributed by atoms with Crippen molar-refractivity contribution in [2.24, 2.45) is 0 Å². The van der Waals surface area contributed by atoms with Crippen molar-refractivity contribution >= 4 is 49.2 Å². The highest BCUT2D eigenvalue weighted by molar-refractivity contribution is 6.12. The SMILES string of the molecule is C1=CC(c2ccc(-n3c4ccccc4c4cc(-c5ccc6c(c5)c5ccccc5n6-c5cccc(-c6ccccc6)c5)ccc43)cc2)=CCC1. The van der Waals surface area contributed by atoms with Crippen LogP contribution in [-0.4, -0.2) is 9.13 Å². The van der Waals surface area contributed by atoms with Crippen LogP contribution < -0.4 is 0 Å². The van der Waals surface area contributed by atoms with Crippen molar-refractivity contribution in [2.45, 2.75) is 12.8 Å². The third-order valence-corrected chi connectivity index (χ3v) is 10.3. The first-order valence-electron chi connectivity index (χ1n) is 17.5. The topological polar surface area (TPSA) is 9.86 Å². The van der Waals surface area contributed by atoms with Crippen molar-refractivity contribution < 1.29 is 0 Å². The van der Waals surface area contributed by atoms with E-state index in [4.69, 9.17) is 0 Å². The fourth-order valence-electron chi connectivity index (χ4n) is 7.95. The van der Waals surface area contributed by atoms with Crippen LogP contribution in [0.4, 0.5) is 0 Å². The first-order chi connectivity index (χ1) is 24.8. The van der Waals surface area contributed by atoms with Gasteiger partial charge in [0.2, 0.25) is 0 Å². The zero-order valence-corrected chi connectivity index (χ0v) is 27.6. The molecule has 0 amide bonds. The lowest BCUT2D eigenvalue weighted by Gasteiger charge is -2.12. The van der Waals surface area contributed by atoms with Gasteiger partial charge >= 0.3 is 0 Å². The van der Waals surface area contributed by atoms with E-state index < -0.39 is 0 Å². The van der Waals surface area contributed by atoms with E-state index in [9.17, 15) is 0 Å². The van der Waals surface area contributed by atoms with Crippen LogP contribution in [0.3, 0.4) is 0 Å². The Morgan fingerprint density at radius 2 is 0.880 bits per heavy atom. The van der Waals surface area contributed by atoms with Gasteiger partial charge in [0, 0.05) is 32.9 Å². The smallest absolute Gasteiger partial charge is 0.0541 e. The number of nitrogens with zero attached hydrogens (tertiary/aromatic N) is 2. The Bertz CT molecular complexity index is 2790. The fraction of sp³-hybridized carbons (Fsp3) is 0.0417. The van der Waals surface area contributed by atoms with E-state index in [0.29, 0.717) is 0 Å². The van der Waals surface area contributed by atoms with E-state index >= 15 is 0 Å². The predicted octanol–water partition coefficient (Wildman–Crippen LogP) is 12.9. The van der Waals surface area contributed by atoms with Gasteiger partial charge in [-0.3, -0.25) is 0 Å². The van der Waals surface area contributed by atoms with Crippen LogP contribution in [-0.2, 0) is 0 Å². The minimum atomic E-state index is 1.11. The molecule has 10 rings (SSSR count). The second kappa shape index (κ2) is 11.6. The summed E-state index contributed by atoms with van der Waals surface area (Å²) in [6, 6.07) is 60.0. The van der Waals surface area contributed by atoms with E-state index in [0.717, 1.165) is 12.8 Å². The molecule has 0 saturated carbocycles. The third-order valence-electron chi connectivity index (χ3n) is 10.3. The summed E-state index contributed by atoms with van der Waals surface area (Å²) >= 11 is 0. The highest BCUT2D eigenvalue weighted by Crippen LogP contribution is 2.39. The molecule has 0 unspecified atom stereocenters. The number of aromatic nitrogens is 2. The lowest BCUT2D eigenvalue weighted by Crippen LogP contribution is -1.95. The molecule has 2 heterocycles. The summed E-state index contributed by atoms with van der Waals surface area (Å²) in [5.41, 5.74) is 14.7. The largest absolute Gasteiger partial charge is 0.309 e. The highest BCUT2D eigenvalue weighted by atomic mass is 15.0. The van der Waals surface area contributed by atoms with Crippen molar-refractivity contribution in [1.82, 2.24) is 9.13 Å². The van der Waals surface area contributed by atoms with Gasteiger partial charge in [-0.1, -0.05) is 121 Å². The number of allylic oxidation sites excluding steroid dienone is 4. The van der Waals surface area contributed by atoms with Crippen LogP contribution in [0.15, 0.2) is 182 Å². The van der Waals surface area contributed by atoms with Crippen LogP contribution in [0.25, 0.3) is 82.8 Å². The Kier molecular flexibility index (Phi) is 6.67. The first kappa shape index (κ1) is 28.6. The van der Waals surface area contributed by atoms with E-state index in [1.165, 1.54) is 88.4 Å². The Morgan fingerprint density at radius 3 is 1.52 bits per heavy atom. The average molecular weight is 639 g/mol. The highest BCUT2D eigenvalue weighted by Gasteiger charge is 2.16. The van der Waals surface area contributed by atoms with Gasteiger partial charge in [-0.2, -0.15) is 0 Å². The zero-order chi connectivity index (χ0) is 33.0. The fourth-order valence-corrected chi connectivity index (χ4v) is 7.95. The molecule has 2 heteroatoms. The van der Waals surface area contributed by atoms with Crippen LogP contribution >= 0.6 is 0 Å². The summed E-state index contributed by atoms with van der Waals surface area (Å²) in [7, 11) is 0. The minimum absolute atomic E-state index is 1.11. The molecule has 1 aliphatic carbocycles. The van der Waals surface area contributed by atoms with Gasteiger partial charge in [0.05, 0.1) is 22.1 Å². The molecule has 0 atom stereocenters. The molecule has 0 bridgehead atoms. The molecule has 236 valence electrons. The van der Waals surface area contributed by atoms with Crippen molar-refractivity contribution in [1.29, 1.82) is 0 Å². The molecule has 0 radical (unpaired) electrons. The monoisotopic (exact) mass is 638 g/mol. The minimum Gasteiger partial charge on any atom is -0.309 e. The quantitative estimate of drug-likeness (QED) is 0.178. The van der Waals surface area contributed by atoms with Gasteiger partial charge in [-0.15, -0.1) is 0 Å². The van der Waals surface area contributed by atoms with Crippen molar-refractivity contribution in [3.05, 3.63) is 188 Å². The second-order valence-electron chi connectivity index (χ2n) is 13.3. The van der Waals surface area contributed by atoms with Crippen LogP contribution in [0.1, 0.15) is 18.4 Å². The molecule has 0 spiro atoms. The lowest BCUT2D eigenvalue weighted by molar-refractivity contribution is 1.04. The molecule has 0 N–H and O–H groups in total. The Hall–Kier alpha value is -6.38. The number of para-hydroxylation sites is 2. The molecule has 0 saturated heterocycles. The van der Waals surface area contributed by atoms with Crippen molar-refractivity contribution in [2.75, 3.05) is 0 Å². The van der Waals surface area contributed by atoms with Gasteiger partial charge in [-0.05, 0) is 107 Å². The van der Waals surface area contributed by atoms with Crippen molar-refractivity contribution in [3.63, 3.8) is 0 Å². The Labute approximate surface area is 291 Å². The van der Waals surface area contributed by atoms with E-state index in [2.05, 4.69) is 191 Å². The number of hydrogen-bond donors (Lipinski definition) is 0. The summed E-state index contributed by atoms with van der Waals surface area (Å²) in [5.74, 6) is 0. The number of benzene rings is 7. The van der Waals surface area contributed by atoms with E-state index in [-0.39, 0.29) is 0 Å². The number of rotatable bonds is 5. The molecular weight excluding hydrogens is 605 g/mol. The summed E-state index contributed by atoms with van der Waals surface area (Å²) in [6.07, 6.45) is 9.11. The van der Waals surface area contributed by atoms with Gasteiger partial charge in [0.15, 0.2) is 0 Å². The Balaban J connectivity index is 1.10. The van der Waals surface area contributed by atoms with Gasteiger partial charge in [0.1, 0.15) is 0 Å². The summed E-state index contributed by atoms with van der Waals surface area (Å²) in [6.45, 7) is 0. The van der Waals surface area contributed by atoms with Crippen LogP contribution in [0.5, 0.6) is 0 Å². The van der Waals surface area contributed by atoms with Gasteiger partial charge in [-0.25, -0.2) is 0 Å². The molecule has 50 heavy (non-hydrogen) atoms. The number of hydrogen-bond acceptors (Lipinski definition) is 0. The normalized spacial score (nSPS) is 13.1. The van der Waals surface area contributed by atoms with Gasteiger partial charge < -0.3 is 9.13 Å². The standard InChI is InChI=1S/C48H34N2/c1-3-12-33(13-4-1)35-22-26-39(27-23-35)49-45-20-9-7-18-41(45)43-31-37(24-28-47(43)49)38-25-29-48-44(32-38)42-19-8-10-21-46(42)50(48)40-17-11-16-36(30-40)34-14-5-2-6-15-34/h2-3,5-32H,1,4H2. The predicted molar refractivity (Wildman–Crippen MR) is 212 cm³/mol. The molecule has 9 aromatic rings. The first-order valence-corrected chi connectivity index (χ1v) is 17.5. The molecule has 2 aromatic heterocycles. The maximum absolute atomic E-state index is 2.41. The summed E-state index contributed by atoms with van der Waals surface area (Å²) in [5, 5.41) is 5.05. The Morgan fingerprint density at radius 1 is 0.340 bits per heavy atom. The number of fused-ring (bicyclic) bond motifs is 6. The van der Waals surface area contributed by atoms with E-state index in [1.54, 1.807) is 0 Å².